The molecular formula is C15H16FNO3. The van der Waals surface area contributed by atoms with Gasteiger partial charge in [-0.05, 0) is 38.1 Å². The van der Waals surface area contributed by atoms with Gasteiger partial charge in [-0.25, -0.2) is 9.18 Å². The second kappa shape index (κ2) is 5.77. The lowest BCUT2D eigenvalue weighted by molar-refractivity contribution is 0.0695. The van der Waals surface area contributed by atoms with Crippen molar-refractivity contribution in [2.24, 2.45) is 0 Å². The Morgan fingerprint density at radius 1 is 1.40 bits per heavy atom. The highest BCUT2D eigenvalue weighted by Crippen LogP contribution is 2.21. The normalized spacial score (nSPS) is 10.6. The van der Waals surface area contributed by atoms with Gasteiger partial charge in [0.25, 0.3) is 0 Å². The first-order chi connectivity index (χ1) is 9.51. The standard InChI is InChI=1S/C15H16FNO3/c1-3-17(12-6-4-5-11(16)7-12)9-13-8-14(15(18)19)10(2)20-13/h4-8H,3,9H2,1-2H3,(H,18,19). The van der Waals surface area contributed by atoms with E-state index in [1.807, 2.05) is 11.8 Å². The Morgan fingerprint density at radius 3 is 2.70 bits per heavy atom. The summed E-state index contributed by atoms with van der Waals surface area (Å²) in [5, 5.41) is 9.00. The van der Waals surface area contributed by atoms with Crippen LogP contribution in [0.4, 0.5) is 10.1 Å². The van der Waals surface area contributed by atoms with E-state index in [0.29, 0.717) is 24.6 Å². The van der Waals surface area contributed by atoms with E-state index >= 15 is 0 Å². The minimum Gasteiger partial charge on any atom is -0.478 e. The van der Waals surface area contributed by atoms with Crippen molar-refractivity contribution in [3.05, 3.63) is 53.2 Å². The number of aromatic carboxylic acids is 1. The van der Waals surface area contributed by atoms with Crippen LogP contribution >= 0.6 is 0 Å². The number of carbonyl (C=O) groups is 1. The van der Waals surface area contributed by atoms with E-state index < -0.39 is 5.97 Å². The maximum absolute atomic E-state index is 13.2. The third-order valence-electron chi connectivity index (χ3n) is 3.10. The highest BCUT2D eigenvalue weighted by molar-refractivity contribution is 5.88. The number of aryl methyl sites for hydroxylation is 1. The molecule has 2 aromatic rings. The maximum Gasteiger partial charge on any atom is 0.339 e. The Hall–Kier alpha value is -2.30. The monoisotopic (exact) mass is 277 g/mol. The number of carboxylic acid groups (broad SMARTS) is 1. The predicted octanol–water partition coefficient (Wildman–Crippen LogP) is 3.45. The van der Waals surface area contributed by atoms with Gasteiger partial charge in [-0.15, -0.1) is 0 Å². The molecule has 0 aliphatic carbocycles. The van der Waals surface area contributed by atoms with Gasteiger partial charge < -0.3 is 14.4 Å². The lowest BCUT2D eigenvalue weighted by Crippen LogP contribution is -2.21. The number of hydrogen-bond donors (Lipinski definition) is 1. The molecular weight excluding hydrogens is 261 g/mol. The lowest BCUT2D eigenvalue weighted by atomic mass is 10.2. The van der Waals surface area contributed by atoms with Gasteiger partial charge in [0, 0.05) is 12.2 Å². The smallest absolute Gasteiger partial charge is 0.339 e. The molecule has 1 heterocycles. The van der Waals surface area contributed by atoms with Crippen molar-refractivity contribution in [1.29, 1.82) is 0 Å². The minimum absolute atomic E-state index is 0.162. The van der Waals surface area contributed by atoms with Gasteiger partial charge in [0.1, 0.15) is 22.9 Å². The molecule has 106 valence electrons. The van der Waals surface area contributed by atoms with Gasteiger partial charge in [0.2, 0.25) is 0 Å². The highest BCUT2D eigenvalue weighted by Gasteiger charge is 2.15. The third-order valence-corrected chi connectivity index (χ3v) is 3.10. The summed E-state index contributed by atoms with van der Waals surface area (Å²) in [6.45, 7) is 4.61. The molecule has 20 heavy (non-hydrogen) atoms. The van der Waals surface area contributed by atoms with Gasteiger partial charge >= 0.3 is 5.97 Å². The summed E-state index contributed by atoms with van der Waals surface area (Å²) < 4.78 is 18.7. The van der Waals surface area contributed by atoms with Crippen LogP contribution in [-0.4, -0.2) is 17.6 Å². The quantitative estimate of drug-likeness (QED) is 0.909. The molecule has 0 unspecified atom stereocenters. The van der Waals surface area contributed by atoms with Crippen LogP contribution in [0.25, 0.3) is 0 Å². The SMILES string of the molecule is CCN(Cc1cc(C(=O)O)c(C)o1)c1cccc(F)c1. The van der Waals surface area contributed by atoms with Crippen LogP contribution in [0, 0.1) is 12.7 Å². The lowest BCUT2D eigenvalue weighted by Gasteiger charge is -2.21. The first-order valence-electron chi connectivity index (χ1n) is 6.34. The van der Waals surface area contributed by atoms with E-state index in [4.69, 9.17) is 9.52 Å². The molecule has 0 atom stereocenters. The van der Waals surface area contributed by atoms with E-state index in [2.05, 4.69) is 0 Å². The average molecular weight is 277 g/mol. The third kappa shape index (κ3) is 2.99. The Morgan fingerprint density at radius 2 is 2.15 bits per heavy atom. The summed E-state index contributed by atoms with van der Waals surface area (Å²) >= 11 is 0. The summed E-state index contributed by atoms with van der Waals surface area (Å²) in [6, 6.07) is 7.79. The fraction of sp³-hybridized carbons (Fsp3) is 0.267. The number of anilines is 1. The van der Waals surface area contributed by atoms with Gasteiger partial charge in [-0.3, -0.25) is 0 Å². The zero-order valence-corrected chi connectivity index (χ0v) is 11.4. The zero-order chi connectivity index (χ0) is 14.7. The molecule has 2 rings (SSSR count). The van der Waals surface area contributed by atoms with Crippen molar-refractivity contribution in [1.82, 2.24) is 0 Å². The molecule has 5 heteroatoms. The van der Waals surface area contributed by atoms with Crippen LogP contribution in [0.15, 0.2) is 34.7 Å². The van der Waals surface area contributed by atoms with E-state index in [0.717, 1.165) is 5.69 Å². The molecule has 0 aliphatic heterocycles. The first kappa shape index (κ1) is 14.1. The largest absolute Gasteiger partial charge is 0.478 e. The van der Waals surface area contributed by atoms with E-state index in [9.17, 15) is 9.18 Å². The van der Waals surface area contributed by atoms with Gasteiger partial charge in [-0.1, -0.05) is 6.07 Å². The molecule has 1 N–H and O–H groups in total. The van der Waals surface area contributed by atoms with Crippen molar-refractivity contribution in [2.75, 3.05) is 11.4 Å². The number of carboxylic acids is 1. The van der Waals surface area contributed by atoms with Gasteiger partial charge in [0.15, 0.2) is 0 Å². The Labute approximate surface area is 116 Å². The van der Waals surface area contributed by atoms with Crippen LogP contribution in [-0.2, 0) is 6.54 Å². The van der Waals surface area contributed by atoms with Gasteiger partial charge in [-0.2, -0.15) is 0 Å². The summed E-state index contributed by atoms with van der Waals surface area (Å²) in [5.41, 5.74) is 0.897. The van der Waals surface area contributed by atoms with E-state index in [-0.39, 0.29) is 11.4 Å². The molecule has 1 aromatic carbocycles. The molecule has 0 saturated carbocycles. The number of nitrogens with zero attached hydrogens (tertiary/aromatic N) is 1. The maximum atomic E-state index is 13.2. The zero-order valence-electron chi connectivity index (χ0n) is 11.4. The number of hydrogen-bond acceptors (Lipinski definition) is 3. The van der Waals surface area contributed by atoms with Crippen LogP contribution in [0.1, 0.15) is 28.8 Å². The summed E-state index contributed by atoms with van der Waals surface area (Å²) in [4.78, 5) is 12.9. The van der Waals surface area contributed by atoms with Gasteiger partial charge in [0.05, 0.1) is 6.54 Å². The van der Waals surface area contributed by atoms with Crippen LogP contribution in [0.3, 0.4) is 0 Å². The number of halogens is 1. The highest BCUT2D eigenvalue weighted by atomic mass is 19.1. The van der Waals surface area contributed by atoms with Crippen molar-refractivity contribution in [3.8, 4) is 0 Å². The Kier molecular flexibility index (Phi) is 4.08. The number of benzene rings is 1. The predicted molar refractivity (Wildman–Crippen MR) is 73.5 cm³/mol. The van der Waals surface area contributed by atoms with Crippen molar-refractivity contribution in [2.45, 2.75) is 20.4 Å². The second-order valence-corrected chi connectivity index (χ2v) is 4.48. The van der Waals surface area contributed by atoms with E-state index in [1.165, 1.54) is 18.2 Å². The molecule has 0 saturated heterocycles. The molecule has 0 amide bonds. The molecule has 0 fully saturated rings. The fourth-order valence-electron chi connectivity index (χ4n) is 2.08. The van der Waals surface area contributed by atoms with Crippen molar-refractivity contribution >= 4 is 11.7 Å². The number of furan rings is 1. The second-order valence-electron chi connectivity index (χ2n) is 4.48. The molecule has 0 aliphatic rings. The van der Waals surface area contributed by atoms with Crippen molar-refractivity contribution < 1.29 is 18.7 Å². The molecule has 0 spiro atoms. The average Bonchev–Trinajstić information content (AvgIpc) is 2.77. The summed E-state index contributed by atoms with van der Waals surface area (Å²) in [5.74, 6) is -0.386. The first-order valence-corrected chi connectivity index (χ1v) is 6.34. The topological polar surface area (TPSA) is 53.7 Å². The molecule has 0 bridgehead atoms. The van der Waals surface area contributed by atoms with Crippen LogP contribution in [0.2, 0.25) is 0 Å². The van der Waals surface area contributed by atoms with Crippen LogP contribution in [0.5, 0.6) is 0 Å². The Balaban J connectivity index is 2.22. The molecule has 4 nitrogen and oxygen atoms in total. The van der Waals surface area contributed by atoms with E-state index in [1.54, 1.807) is 19.1 Å². The van der Waals surface area contributed by atoms with Crippen LogP contribution < -0.4 is 4.90 Å². The van der Waals surface area contributed by atoms with Crippen molar-refractivity contribution in [3.63, 3.8) is 0 Å². The fourth-order valence-corrected chi connectivity index (χ4v) is 2.08. The summed E-state index contributed by atoms with van der Waals surface area (Å²) in [6.07, 6.45) is 0. The number of rotatable bonds is 5. The Bertz CT molecular complexity index is 621. The molecule has 0 radical (unpaired) electrons. The minimum atomic E-state index is -1.01. The molecule has 1 aromatic heterocycles. The summed E-state index contributed by atoms with van der Waals surface area (Å²) in [7, 11) is 0.